The molecule has 14 heavy (non-hydrogen) atoms. The molecule has 0 aliphatic carbocycles. The van der Waals surface area contributed by atoms with Crippen molar-refractivity contribution in [3.05, 3.63) is 34.3 Å². The molecule has 1 atom stereocenters. The first-order valence-electron chi connectivity index (χ1n) is 4.88. The van der Waals surface area contributed by atoms with Gasteiger partial charge in [0, 0.05) is 10.5 Å². The summed E-state index contributed by atoms with van der Waals surface area (Å²) >= 11 is 3.45. The molecule has 1 nitrogen and oxygen atoms in total. The number of nitrogens with one attached hydrogen (secondary N) is 1. The highest BCUT2D eigenvalue weighted by Gasteiger charge is 2.24. The molecule has 2 heteroatoms. The summed E-state index contributed by atoms with van der Waals surface area (Å²) in [5.41, 5.74) is 1.57. The molecule has 0 saturated heterocycles. The quantitative estimate of drug-likeness (QED) is 0.849. The van der Waals surface area contributed by atoms with Gasteiger partial charge in [-0.05, 0) is 30.2 Å². The van der Waals surface area contributed by atoms with Crippen molar-refractivity contribution >= 4 is 15.9 Å². The van der Waals surface area contributed by atoms with Crippen LogP contribution in [0.1, 0.15) is 32.4 Å². The Kier molecular flexibility index (Phi) is 3.73. The van der Waals surface area contributed by atoms with Crippen LogP contribution in [0.2, 0.25) is 0 Å². The molecule has 0 saturated carbocycles. The van der Waals surface area contributed by atoms with Crippen LogP contribution in [0.25, 0.3) is 0 Å². The van der Waals surface area contributed by atoms with E-state index < -0.39 is 0 Å². The Morgan fingerprint density at radius 1 is 1.14 bits per heavy atom. The lowest BCUT2D eigenvalue weighted by Crippen LogP contribution is -2.29. The summed E-state index contributed by atoms with van der Waals surface area (Å²) in [6.45, 7) is 6.74. The lowest BCUT2D eigenvalue weighted by molar-refractivity contribution is 0.287. The predicted molar refractivity (Wildman–Crippen MR) is 65.4 cm³/mol. The molecule has 0 aromatic heterocycles. The van der Waals surface area contributed by atoms with Gasteiger partial charge in [0.2, 0.25) is 0 Å². The van der Waals surface area contributed by atoms with E-state index in [9.17, 15) is 0 Å². The molecule has 1 aromatic rings. The molecule has 0 heterocycles. The molecule has 0 spiro atoms. The summed E-state index contributed by atoms with van der Waals surface area (Å²) in [6.07, 6.45) is 0. The minimum absolute atomic E-state index is 0.239. The van der Waals surface area contributed by atoms with Gasteiger partial charge in [-0.1, -0.05) is 48.8 Å². The van der Waals surface area contributed by atoms with Gasteiger partial charge in [-0.2, -0.15) is 0 Å². The van der Waals surface area contributed by atoms with E-state index in [1.165, 1.54) is 5.56 Å². The van der Waals surface area contributed by atoms with Gasteiger partial charge in [0.05, 0.1) is 0 Å². The van der Waals surface area contributed by atoms with Crippen LogP contribution in [-0.4, -0.2) is 7.05 Å². The zero-order valence-electron chi connectivity index (χ0n) is 9.26. The fourth-order valence-corrected chi connectivity index (χ4v) is 2.02. The van der Waals surface area contributed by atoms with E-state index in [1.807, 2.05) is 7.05 Å². The molecule has 0 aliphatic rings. The SMILES string of the molecule is CNC(c1ccc(Br)cc1)C(C)(C)C. The van der Waals surface area contributed by atoms with Crippen LogP contribution in [0.15, 0.2) is 28.7 Å². The minimum atomic E-state index is 0.239. The summed E-state index contributed by atoms with van der Waals surface area (Å²) in [6, 6.07) is 8.90. The second-order valence-corrected chi connectivity index (χ2v) is 5.55. The van der Waals surface area contributed by atoms with E-state index in [1.54, 1.807) is 0 Å². The monoisotopic (exact) mass is 255 g/mol. The van der Waals surface area contributed by atoms with Gasteiger partial charge in [-0.3, -0.25) is 0 Å². The topological polar surface area (TPSA) is 12.0 Å². The Bertz CT molecular complexity index is 284. The van der Waals surface area contributed by atoms with E-state index in [2.05, 4.69) is 66.3 Å². The Balaban J connectivity index is 2.96. The first-order chi connectivity index (χ1) is 6.45. The molecule has 0 amide bonds. The summed E-state index contributed by atoms with van der Waals surface area (Å²) in [4.78, 5) is 0. The highest BCUT2D eigenvalue weighted by molar-refractivity contribution is 9.10. The van der Waals surface area contributed by atoms with Crippen LogP contribution in [-0.2, 0) is 0 Å². The maximum Gasteiger partial charge on any atom is 0.0366 e. The highest BCUT2D eigenvalue weighted by atomic mass is 79.9. The van der Waals surface area contributed by atoms with Gasteiger partial charge < -0.3 is 5.32 Å². The summed E-state index contributed by atoms with van der Waals surface area (Å²) in [5, 5.41) is 3.36. The molecule has 0 fully saturated rings. The van der Waals surface area contributed by atoms with Crippen LogP contribution in [0.5, 0.6) is 0 Å². The fourth-order valence-electron chi connectivity index (χ4n) is 1.75. The van der Waals surface area contributed by atoms with Crippen LogP contribution < -0.4 is 5.32 Å². The third-order valence-corrected chi connectivity index (χ3v) is 2.89. The summed E-state index contributed by atoms with van der Waals surface area (Å²) in [7, 11) is 2.01. The summed E-state index contributed by atoms with van der Waals surface area (Å²) in [5.74, 6) is 0. The van der Waals surface area contributed by atoms with Crippen molar-refractivity contribution in [3.8, 4) is 0 Å². The molecule has 1 unspecified atom stereocenters. The van der Waals surface area contributed by atoms with Gasteiger partial charge >= 0.3 is 0 Å². The average Bonchev–Trinajstić information content (AvgIpc) is 2.07. The number of benzene rings is 1. The van der Waals surface area contributed by atoms with E-state index in [0.717, 1.165) is 4.47 Å². The zero-order chi connectivity index (χ0) is 10.8. The van der Waals surface area contributed by atoms with Crippen LogP contribution in [0.4, 0.5) is 0 Å². The van der Waals surface area contributed by atoms with E-state index in [0.29, 0.717) is 6.04 Å². The predicted octanol–water partition coefficient (Wildman–Crippen LogP) is 3.76. The van der Waals surface area contributed by atoms with Crippen molar-refractivity contribution in [1.82, 2.24) is 5.32 Å². The van der Waals surface area contributed by atoms with E-state index in [-0.39, 0.29) is 5.41 Å². The third-order valence-electron chi connectivity index (χ3n) is 2.36. The molecule has 1 N–H and O–H groups in total. The van der Waals surface area contributed by atoms with Crippen molar-refractivity contribution in [1.29, 1.82) is 0 Å². The van der Waals surface area contributed by atoms with Crippen LogP contribution in [0, 0.1) is 5.41 Å². The first-order valence-corrected chi connectivity index (χ1v) is 5.67. The van der Waals surface area contributed by atoms with Crippen molar-refractivity contribution < 1.29 is 0 Å². The van der Waals surface area contributed by atoms with Gasteiger partial charge in [-0.15, -0.1) is 0 Å². The fraction of sp³-hybridized carbons (Fsp3) is 0.500. The van der Waals surface area contributed by atoms with Crippen molar-refractivity contribution in [2.45, 2.75) is 26.8 Å². The van der Waals surface area contributed by atoms with Crippen LogP contribution in [0.3, 0.4) is 0 Å². The Hall–Kier alpha value is -0.340. The first kappa shape index (κ1) is 11.7. The Morgan fingerprint density at radius 2 is 1.64 bits per heavy atom. The number of hydrogen-bond donors (Lipinski definition) is 1. The average molecular weight is 256 g/mol. The zero-order valence-corrected chi connectivity index (χ0v) is 10.9. The van der Waals surface area contributed by atoms with Gasteiger partial charge in [0.15, 0.2) is 0 Å². The van der Waals surface area contributed by atoms with Gasteiger partial charge in [0.25, 0.3) is 0 Å². The molecule has 0 bridgehead atoms. The maximum absolute atomic E-state index is 3.45. The highest BCUT2D eigenvalue weighted by Crippen LogP contribution is 2.32. The smallest absolute Gasteiger partial charge is 0.0366 e. The molecule has 78 valence electrons. The third kappa shape index (κ3) is 2.82. The lowest BCUT2D eigenvalue weighted by atomic mass is 9.82. The second kappa shape index (κ2) is 4.45. The Morgan fingerprint density at radius 3 is 2.00 bits per heavy atom. The van der Waals surface area contributed by atoms with Crippen molar-refractivity contribution in [2.75, 3.05) is 7.05 Å². The maximum atomic E-state index is 3.45. The van der Waals surface area contributed by atoms with E-state index in [4.69, 9.17) is 0 Å². The molecule has 1 rings (SSSR count). The number of halogens is 1. The second-order valence-electron chi connectivity index (χ2n) is 4.64. The molecular weight excluding hydrogens is 238 g/mol. The van der Waals surface area contributed by atoms with Gasteiger partial charge in [-0.25, -0.2) is 0 Å². The standard InChI is InChI=1S/C12H18BrN/c1-12(2,3)11(14-4)9-5-7-10(13)8-6-9/h5-8,11,14H,1-4H3. The molecule has 0 aliphatic heterocycles. The number of hydrogen-bond acceptors (Lipinski definition) is 1. The minimum Gasteiger partial charge on any atom is -0.313 e. The molecule has 0 radical (unpaired) electrons. The molecular formula is C12H18BrN. The Labute approximate surface area is 95.0 Å². The lowest BCUT2D eigenvalue weighted by Gasteiger charge is -2.30. The van der Waals surface area contributed by atoms with Crippen molar-refractivity contribution in [3.63, 3.8) is 0 Å². The van der Waals surface area contributed by atoms with Gasteiger partial charge in [0.1, 0.15) is 0 Å². The van der Waals surface area contributed by atoms with Crippen LogP contribution >= 0.6 is 15.9 Å². The number of rotatable bonds is 2. The largest absolute Gasteiger partial charge is 0.313 e. The van der Waals surface area contributed by atoms with E-state index >= 15 is 0 Å². The summed E-state index contributed by atoms with van der Waals surface area (Å²) < 4.78 is 1.13. The van der Waals surface area contributed by atoms with Crippen molar-refractivity contribution in [2.24, 2.45) is 5.41 Å². The normalized spacial score (nSPS) is 14.1. The molecule has 1 aromatic carbocycles.